The van der Waals surface area contributed by atoms with Crippen molar-refractivity contribution in [2.45, 2.75) is 19.8 Å². The largest absolute Gasteiger partial charge is 0.306 e. The second kappa shape index (κ2) is 3.91. The van der Waals surface area contributed by atoms with Crippen molar-refractivity contribution < 1.29 is 0 Å². The maximum absolute atomic E-state index is 3.80. The number of likely N-dealkylation sites (tertiary alicyclic amines) is 1. The van der Waals surface area contributed by atoms with Crippen LogP contribution in [0.1, 0.15) is 19.8 Å². The summed E-state index contributed by atoms with van der Waals surface area (Å²) >= 11 is 0. The molecule has 1 aliphatic heterocycles. The summed E-state index contributed by atoms with van der Waals surface area (Å²) in [6.07, 6.45) is 4.58. The summed E-state index contributed by atoms with van der Waals surface area (Å²) < 4.78 is 0. The second-order valence-electron chi connectivity index (χ2n) is 3.67. The van der Waals surface area contributed by atoms with Gasteiger partial charge in [-0.2, -0.15) is 0 Å². The molecular weight excluding hydrogens is 134 g/mol. The van der Waals surface area contributed by atoms with Gasteiger partial charge in [0.25, 0.3) is 0 Å². The minimum absolute atomic E-state index is 0.877. The molecule has 0 saturated carbocycles. The number of hydrogen-bond acceptors (Lipinski definition) is 1. The van der Waals surface area contributed by atoms with Crippen molar-refractivity contribution in [3.63, 3.8) is 0 Å². The molecule has 0 aromatic heterocycles. The molecule has 11 heavy (non-hydrogen) atoms. The topological polar surface area (TPSA) is 3.24 Å². The minimum atomic E-state index is 0.877. The van der Waals surface area contributed by atoms with Gasteiger partial charge in [0.05, 0.1) is 0 Å². The number of allylic oxidation sites excluding steroid dienone is 1. The molecule has 64 valence electrons. The van der Waals surface area contributed by atoms with Gasteiger partial charge in [0.15, 0.2) is 0 Å². The Morgan fingerprint density at radius 2 is 2.09 bits per heavy atom. The van der Waals surface area contributed by atoms with Crippen LogP contribution in [0.4, 0.5) is 0 Å². The summed E-state index contributed by atoms with van der Waals surface area (Å²) in [5.41, 5.74) is 0. The monoisotopic (exact) mass is 153 g/mol. The highest BCUT2D eigenvalue weighted by Gasteiger charge is 2.27. The Kier molecular flexibility index (Phi) is 3.13. The summed E-state index contributed by atoms with van der Waals surface area (Å²) in [5, 5.41) is 0. The van der Waals surface area contributed by atoms with Crippen molar-refractivity contribution >= 4 is 0 Å². The van der Waals surface area contributed by atoms with Crippen LogP contribution >= 0.6 is 0 Å². The van der Waals surface area contributed by atoms with Crippen LogP contribution in [0.15, 0.2) is 12.7 Å². The smallest absolute Gasteiger partial charge is 0.00128 e. The lowest BCUT2D eigenvalue weighted by atomic mass is 9.91. The molecule has 1 heteroatoms. The number of nitrogens with zero attached hydrogens (tertiary/aromatic N) is 1. The summed E-state index contributed by atoms with van der Waals surface area (Å²) in [4.78, 5) is 2.43. The van der Waals surface area contributed by atoms with Gasteiger partial charge in [-0.1, -0.05) is 19.4 Å². The highest BCUT2D eigenvalue weighted by Crippen LogP contribution is 2.27. The molecule has 1 saturated heterocycles. The first kappa shape index (κ1) is 8.79. The highest BCUT2D eigenvalue weighted by molar-refractivity contribution is 4.86. The van der Waals surface area contributed by atoms with Gasteiger partial charge in [0.2, 0.25) is 0 Å². The molecule has 1 heterocycles. The van der Waals surface area contributed by atoms with Gasteiger partial charge >= 0.3 is 0 Å². The van der Waals surface area contributed by atoms with Gasteiger partial charge in [0, 0.05) is 13.1 Å². The number of hydrogen-bond donors (Lipinski definition) is 0. The minimum Gasteiger partial charge on any atom is -0.306 e. The van der Waals surface area contributed by atoms with Crippen LogP contribution in [0.25, 0.3) is 0 Å². The molecular formula is C10H19N. The first-order chi connectivity index (χ1) is 5.27. The standard InChI is InChI=1S/C10H19N/c1-4-6-10-8-11(3)7-9(10)5-2/h4,9-10H,1,5-8H2,2-3H3. The molecule has 0 bridgehead atoms. The molecule has 0 aromatic carbocycles. The summed E-state index contributed by atoms with van der Waals surface area (Å²) in [7, 11) is 2.21. The summed E-state index contributed by atoms with van der Waals surface area (Å²) in [5.74, 6) is 1.79. The highest BCUT2D eigenvalue weighted by atomic mass is 15.1. The maximum atomic E-state index is 3.80. The lowest BCUT2D eigenvalue weighted by molar-refractivity contribution is 0.392. The van der Waals surface area contributed by atoms with Crippen molar-refractivity contribution in [1.29, 1.82) is 0 Å². The van der Waals surface area contributed by atoms with E-state index in [9.17, 15) is 0 Å². The van der Waals surface area contributed by atoms with E-state index in [2.05, 4.69) is 31.5 Å². The van der Waals surface area contributed by atoms with Crippen molar-refractivity contribution in [2.24, 2.45) is 11.8 Å². The molecule has 1 rings (SSSR count). The van der Waals surface area contributed by atoms with E-state index in [4.69, 9.17) is 0 Å². The predicted octanol–water partition coefficient (Wildman–Crippen LogP) is 2.15. The van der Waals surface area contributed by atoms with Crippen LogP contribution in [0.5, 0.6) is 0 Å². The Morgan fingerprint density at radius 1 is 1.45 bits per heavy atom. The van der Waals surface area contributed by atoms with Crippen LogP contribution in [0, 0.1) is 11.8 Å². The molecule has 0 spiro atoms. The van der Waals surface area contributed by atoms with E-state index >= 15 is 0 Å². The Bertz CT molecular complexity index is 131. The molecule has 1 fully saturated rings. The molecule has 0 amide bonds. The third-order valence-corrected chi connectivity index (χ3v) is 2.75. The average molecular weight is 153 g/mol. The van der Waals surface area contributed by atoms with Gasteiger partial charge in [0.1, 0.15) is 0 Å². The molecule has 1 nitrogen and oxygen atoms in total. The lowest BCUT2D eigenvalue weighted by Gasteiger charge is -2.13. The fraction of sp³-hybridized carbons (Fsp3) is 0.800. The zero-order valence-electron chi connectivity index (χ0n) is 7.71. The second-order valence-corrected chi connectivity index (χ2v) is 3.67. The van der Waals surface area contributed by atoms with Crippen molar-refractivity contribution in [2.75, 3.05) is 20.1 Å². The first-order valence-electron chi connectivity index (χ1n) is 4.57. The fourth-order valence-corrected chi connectivity index (χ4v) is 2.12. The van der Waals surface area contributed by atoms with Gasteiger partial charge < -0.3 is 4.90 Å². The van der Waals surface area contributed by atoms with Crippen LogP contribution < -0.4 is 0 Å². The molecule has 0 N–H and O–H groups in total. The van der Waals surface area contributed by atoms with Crippen LogP contribution in [-0.2, 0) is 0 Å². The first-order valence-corrected chi connectivity index (χ1v) is 4.57. The third-order valence-electron chi connectivity index (χ3n) is 2.75. The van der Waals surface area contributed by atoms with Crippen LogP contribution in [-0.4, -0.2) is 25.0 Å². The molecule has 0 aromatic rings. The van der Waals surface area contributed by atoms with E-state index in [-0.39, 0.29) is 0 Å². The Labute approximate surface area is 70.1 Å². The van der Waals surface area contributed by atoms with Crippen molar-refractivity contribution in [3.05, 3.63) is 12.7 Å². The third kappa shape index (κ3) is 2.06. The summed E-state index contributed by atoms with van der Waals surface area (Å²) in [6, 6.07) is 0. The fourth-order valence-electron chi connectivity index (χ4n) is 2.12. The Morgan fingerprint density at radius 3 is 2.64 bits per heavy atom. The van der Waals surface area contributed by atoms with Crippen molar-refractivity contribution in [3.8, 4) is 0 Å². The van der Waals surface area contributed by atoms with E-state index in [0.29, 0.717) is 0 Å². The normalized spacial score (nSPS) is 32.5. The van der Waals surface area contributed by atoms with Gasteiger partial charge in [-0.3, -0.25) is 0 Å². The zero-order valence-corrected chi connectivity index (χ0v) is 7.71. The van der Waals surface area contributed by atoms with Gasteiger partial charge in [-0.15, -0.1) is 6.58 Å². The molecule has 0 radical (unpaired) electrons. The lowest BCUT2D eigenvalue weighted by Crippen LogP contribution is -2.13. The molecule has 2 unspecified atom stereocenters. The Hall–Kier alpha value is -0.300. The SMILES string of the molecule is C=CCC1CN(C)CC1CC. The van der Waals surface area contributed by atoms with E-state index in [0.717, 1.165) is 11.8 Å². The van der Waals surface area contributed by atoms with E-state index < -0.39 is 0 Å². The zero-order chi connectivity index (χ0) is 8.27. The molecule has 2 atom stereocenters. The summed E-state index contributed by atoms with van der Waals surface area (Å²) in [6.45, 7) is 8.65. The van der Waals surface area contributed by atoms with Gasteiger partial charge in [-0.25, -0.2) is 0 Å². The molecule has 0 aliphatic carbocycles. The Balaban J connectivity index is 2.43. The molecule has 1 aliphatic rings. The average Bonchev–Trinajstić information content (AvgIpc) is 2.32. The maximum Gasteiger partial charge on any atom is 0.00128 e. The van der Waals surface area contributed by atoms with E-state index in [1.165, 1.54) is 25.9 Å². The quantitative estimate of drug-likeness (QED) is 0.562. The van der Waals surface area contributed by atoms with Gasteiger partial charge in [-0.05, 0) is 25.3 Å². The van der Waals surface area contributed by atoms with Crippen LogP contribution in [0.2, 0.25) is 0 Å². The van der Waals surface area contributed by atoms with E-state index in [1.54, 1.807) is 0 Å². The van der Waals surface area contributed by atoms with Crippen molar-refractivity contribution in [1.82, 2.24) is 4.90 Å². The number of rotatable bonds is 3. The van der Waals surface area contributed by atoms with E-state index in [1.807, 2.05) is 0 Å². The van der Waals surface area contributed by atoms with Crippen LogP contribution in [0.3, 0.4) is 0 Å². The predicted molar refractivity (Wildman–Crippen MR) is 49.6 cm³/mol.